The first kappa shape index (κ1) is 15.1. The van der Waals surface area contributed by atoms with Gasteiger partial charge in [-0.05, 0) is 19.1 Å². The highest BCUT2D eigenvalue weighted by molar-refractivity contribution is 6.42. The molecule has 4 nitrogen and oxygen atoms in total. The Morgan fingerprint density at radius 3 is 2.83 bits per heavy atom. The number of carbonyl (C=O) groups excluding carboxylic acids is 1. The Morgan fingerprint density at radius 2 is 2.17 bits per heavy atom. The molecule has 0 aliphatic carbocycles. The van der Waals surface area contributed by atoms with Gasteiger partial charge in [-0.3, -0.25) is 4.79 Å². The third kappa shape index (κ3) is 4.72. The van der Waals surface area contributed by atoms with Crippen LogP contribution in [0.5, 0.6) is 5.75 Å². The van der Waals surface area contributed by atoms with Crippen LogP contribution in [0.1, 0.15) is 6.92 Å². The number of carbonyl (C=O) groups is 1. The lowest BCUT2D eigenvalue weighted by molar-refractivity contribution is -0.124. The van der Waals surface area contributed by atoms with E-state index in [0.717, 1.165) is 0 Å². The Labute approximate surface area is 116 Å². The summed E-state index contributed by atoms with van der Waals surface area (Å²) < 4.78 is 10.2. The summed E-state index contributed by atoms with van der Waals surface area (Å²) in [6, 6.07) is 4.94. The topological polar surface area (TPSA) is 47.6 Å². The fraction of sp³-hybridized carbons (Fsp3) is 0.417. The largest absolute Gasteiger partial charge is 0.482 e. The molecule has 0 spiro atoms. The van der Waals surface area contributed by atoms with Gasteiger partial charge < -0.3 is 14.8 Å². The molecule has 1 aromatic rings. The molecule has 0 saturated heterocycles. The van der Waals surface area contributed by atoms with Gasteiger partial charge >= 0.3 is 0 Å². The van der Waals surface area contributed by atoms with Crippen molar-refractivity contribution in [3.8, 4) is 5.75 Å². The molecule has 0 aromatic heterocycles. The monoisotopic (exact) mass is 291 g/mol. The summed E-state index contributed by atoms with van der Waals surface area (Å²) in [7, 11) is 1.57. The summed E-state index contributed by atoms with van der Waals surface area (Å²) in [6.07, 6.45) is 0. The summed E-state index contributed by atoms with van der Waals surface area (Å²) in [4.78, 5) is 11.5. The molecule has 1 amide bonds. The van der Waals surface area contributed by atoms with E-state index in [2.05, 4.69) is 5.32 Å². The first-order valence-corrected chi connectivity index (χ1v) is 6.15. The van der Waals surface area contributed by atoms with E-state index in [9.17, 15) is 4.79 Å². The zero-order valence-corrected chi connectivity index (χ0v) is 11.7. The number of halogens is 2. The van der Waals surface area contributed by atoms with Gasteiger partial charge in [0.05, 0.1) is 11.6 Å². The first-order valence-electron chi connectivity index (χ1n) is 5.39. The predicted molar refractivity (Wildman–Crippen MR) is 71.4 cm³/mol. The van der Waals surface area contributed by atoms with Crippen molar-refractivity contribution in [1.82, 2.24) is 5.32 Å². The number of hydrogen-bond acceptors (Lipinski definition) is 3. The van der Waals surface area contributed by atoms with Crippen molar-refractivity contribution in [3.63, 3.8) is 0 Å². The third-order valence-corrected chi connectivity index (χ3v) is 2.90. The quantitative estimate of drug-likeness (QED) is 0.876. The van der Waals surface area contributed by atoms with Crippen LogP contribution in [0.25, 0.3) is 0 Å². The molecule has 0 radical (unpaired) electrons. The van der Waals surface area contributed by atoms with Crippen molar-refractivity contribution in [2.75, 3.05) is 20.3 Å². The second kappa shape index (κ2) is 7.46. The Kier molecular flexibility index (Phi) is 6.25. The smallest absolute Gasteiger partial charge is 0.258 e. The lowest BCUT2D eigenvalue weighted by Crippen LogP contribution is -2.38. The van der Waals surface area contributed by atoms with Gasteiger partial charge in [0, 0.05) is 13.2 Å². The van der Waals surface area contributed by atoms with E-state index in [-0.39, 0.29) is 18.6 Å². The number of benzene rings is 1. The van der Waals surface area contributed by atoms with Crippen molar-refractivity contribution in [2.45, 2.75) is 13.0 Å². The van der Waals surface area contributed by atoms with E-state index in [1.165, 1.54) is 0 Å². The summed E-state index contributed by atoms with van der Waals surface area (Å²) in [5.74, 6) is 0.148. The second-order valence-electron chi connectivity index (χ2n) is 3.76. The van der Waals surface area contributed by atoms with Gasteiger partial charge in [0.2, 0.25) is 0 Å². The second-order valence-corrected chi connectivity index (χ2v) is 4.55. The van der Waals surface area contributed by atoms with Crippen molar-refractivity contribution in [2.24, 2.45) is 0 Å². The van der Waals surface area contributed by atoms with Crippen molar-refractivity contribution in [1.29, 1.82) is 0 Å². The zero-order chi connectivity index (χ0) is 13.5. The summed E-state index contributed by atoms with van der Waals surface area (Å²) in [6.45, 7) is 2.17. The highest BCUT2D eigenvalue weighted by atomic mass is 35.5. The normalized spacial score (nSPS) is 12.0. The third-order valence-electron chi connectivity index (χ3n) is 2.10. The summed E-state index contributed by atoms with van der Waals surface area (Å²) in [5.41, 5.74) is 0. The fourth-order valence-electron chi connectivity index (χ4n) is 1.35. The van der Waals surface area contributed by atoms with Crippen LogP contribution in [-0.4, -0.2) is 32.3 Å². The minimum atomic E-state index is -0.240. The van der Waals surface area contributed by atoms with Crippen LogP contribution in [0, 0.1) is 0 Å². The number of rotatable bonds is 6. The lowest BCUT2D eigenvalue weighted by atomic mass is 10.3. The number of amides is 1. The van der Waals surface area contributed by atoms with Crippen LogP contribution in [0.3, 0.4) is 0 Å². The molecule has 1 aromatic carbocycles. The Morgan fingerprint density at radius 1 is 1.44 bits per heavy atom. The molecule has 18 heavy (non-hydrogen) atoms. The number of hydrogen-bond donors (Lipinski definition) is 1. The minimum Gasteiger partial charge on any atom is -0.482 e. The van der Waals surface area contributed by atoms with E-state index < -0.39 is 0 Å². The van der Waals surface area contributed by atoms with Gasteiger partial charge in [-0.15, -0.1) is 0 Å². The average molecular weight is 292 g/mol. The molecule has 6 heteroatoms. The number of nitrogens with one attached hydrogen (secondary N) is 1. The van der Waals surface area contributed by atoms with Crippen molar-refractivity contribution in [3.05, 3.63) is 28.2 Å². The molecule has 0 aliphatic rings. The SMILES string of the molecule is COC[C@@H](C)NC(=O)COc1cccc(Cl)c1Cl. The van der Waals surface area contributed by atoms with Gasteiger partial charge in [-0.2, -0.15) is 0 Å². The van der Waals surface area contributed by atoms with Crippen LogP contribution < -0.4 is 10.1 Å². The molecule has 1 atom stereocenters. The van der Waals surface area contributed by atoms with E-state index in [1.807, 2.05) is 6.92 Å². The molecule has 1 rings (SSSR count). The molecule has 0 heterocycles. The first-order chi connectivity index (χ1) is 8.54. The van der Waals surface area contributed by atoms with E-state index in [1.54, 1.807) is 25.3 Å². The minimum absolute atomic E-state index is 0.0686. The van der Waals surface area contributed by atoms with Crippen LogP contribution in [0.2, 0.25) is 10.0 Å². The maximum absolute atomic E-state index is 11.5. The predicted octanol–water partition coefficient (Wildman–Crippen LogP) is 2.52. The molecule has 0 aliphatic heterocycles. The molecule has 0 unspecified atom stereocenters. The number of ether oxygens (including phenoxy) is 2. The van der Waals surface area contributed by atoms with Crippen LogP contribution in [-0.2, 0) is 9.53 Å². The van der Waals surface area contributed by atoms with E-state index in [4.69, 9.17) is 32.7 Å². The average Bonchev–Trinajstić information content (AvgIpc) is 2.31. The number of methoxy groups -OCH3 is 1. The van der Waals surface area contributed by atoms with Crippen LogP contribution in [0.15, 0.2) is 18.2 Å². The van der Waals surface area contributed by atoms with E-state index in [0.29, 0.717) is 22.4 Å². The maximum Gasteiger partial charge on any atom is 0.258 e. The molecule has 100 valence electrons. The van der Waals surface area contributed by atoms with Crippen LogP contribution >= 0.6 is 23.2 Å². The fourth-order valence-corrected chi connectivity index (χ4v) is 1.69. The zero-order valence-electron chi connectivity index (χ0n) is 10.2. The Balaban J connectivity index is 2.45. The molecular weight excluding hydrogens is 277 g/mol. The molecule has 0 fully saturated rings. The summed E-state index contributed by atoms with van der Waals surface area (Å²) in [5, 5.41) is 3.41. The van der Waals surface area contributed by atoms with Gasteiger partial charge in [0.25, 0.3) is 5.91 Å². The molecule has 1 N–H and O–H groups in total. The Hall–Kier alpha value is -0.970. The van der Waals surface area contributed by atoms with Gasteiger partial charge in [0.15, 0.2) is 6.61 Å². The highest BCUT2D eigenvalue weighted by Gasteiger charge is 2.10. The van der Waals surface area contributed by atoms with Crippen molar-refractivity contribution < 1.29 is 14.3 Å². The van der Waals surface area contributed by atoms with Crippen molar-refractivity contribution >= 4 is 29.1 Å². The van der Waals surface area contributed by atoms with Gasteiger partial charge in [-0.1, -0.05) is 29.3 Å². The molecular formula is C12H15Cl2NO3. The van der Waals surface area contributed by atoms with E-state index >= 15 is 0 Å². The van der Waals surface area contributed by atoms with Crippen LogP contribution in [0.4, 0.5) is 0 Å². The van der Waals surface area contributed by atoms with Gasteiger partial charge in [-0.25, -0.2) is 0 Å². The van der Waals surface area contributed by atoms with Gasteiger partial charge in [0.1, 0.15) is 10.8 Å². The maximum atomic E-state index is 11.5. The standard InChI is InChI=1S/C12H15Cl2NO3/c1-8(6-17-2)15-11(16)7-18-10-5-3-4-9(13)12(10)14/h3-5,8H,6-7H2,1-2H3,(H,15,16)/t8-/m1/s1. The lowest BCUT2D eigenvalue weighted by Gasteiger charge is -2.13. The molecule has 0 saturated carbocycles. The summed E-state index contributed by atoms with van der Waals surface area (Å²) >= 11 is 11.7. The molecule has 0 bridgehead atoms. The Bertz CT molecular complexity index is 412. The highest BCUT2D eigenvalue weighted by Crippen LogP contribution is 2.31.